The molecule has 32 heavy (non-hydrogen) atoms. The lowest BCUT2D eigenvalue weighted by molar-refractivity contribution is 0.0669. The molecule has 1 heterocycles. The predicted octanol–water partition coefficient (Wildman–Crippen LogP) is 6.10. The molecule has 5 nitrogen and oxygen atoms in total. The summed E-state index contributed by atoms with van der Waals surface area (Å²) in [7, 11) is 1.62. The normalized spacial score (nSPS) is 11.8. The third-order valence-electron chi connectivity index (χ3n) is 5.77. The van der Waals surface area contributed by atoms with E-state index in [1.54, 1.807) is 18.4 Å². The number of hydrogen-bond acceptors (Lipinski definition) is 5. The molecule has 0 unspecified atom stereocenters. The van der Waals surface area contributed by atoms with Crippen LogP contribution in [0.15, 0.2) is 41.8 Å². The minimum atomic E-state index is -0.00124. The standard InChI is InChI=1S/C26H32N2O3S/c1-7-19(4)28(26(29)21-8-10-23(30-6)11-9-21)14-22-16-32-25(27-22)15-31-24-13-17(2)12-18(3)20(24)5/h8-13,16,19H,7,14-15H2,1-6H3/t19-/m1/s1. The molecular weight excluding hydrogens is 420 g/mol. The lowest BCUT2D eigenvalue weighted by atomic mass is 10.1. The van der Waals surface area contributed by atoms with Gasteiger partial charge in [-0.25, -0.2) is 4.98 Å². The maximum absolute atomic E-state index is 13.2. The Labute approximate surface area is 195 Å². The van der Waals surface area contributed by atoms with Crippen molar-refractivity contribution in [3.63, 3.8) is 0 Å². The smallest absolute Gasteiger partial charge is 0.254 e. The molecular formula is C26H32N2O3S. The van der Waals surface area contributed by atoms with Gasteiger partial charge >= 0.3 is 0 Å². The van der Waals surface area contributed by atoms with Gasteiger partial charge in [0.15, 0.2) is 0 Å². The number of methoxy groups -OCH3 is 1. The van der Waals surface area contributed by atoms with Gasteiger partial charge in [-0.2, -0.15) is 0 Å². The van der Waals surface area contributed by atoms with Gasteiger partial charge in [0.2, 0.25) is 0 Å². The van der Waals surface area contributed by atoms with Gasteiger partial charge in [0, 0.05) is 17.0 Å². The summed E-state index contributed by atoms with van der Waals surface area (Å²) in [5.74, 6) is 1.63. The molecule has 0 fully saturated rings. The number of rotatable bonds is 9. The summed E-state index contributed by atoms with van der Waals surface area (Å²) in [4.78, 5) is 19.8. The van der Waals surface area contributed by atoms with E-state index >= 15 is 0 Å². The zero-order valence-electron chi connectivity index (χ0n) is 19.8. The highest BCUT2D eigenvalue weighted by Crippen LogP contribution is 2.25. The van der Waals surface area contributed by atoms with Crippen molar-refractivity contribution in [3.05, 3.63) is 74.7 Å². The number of hydrogen-bond donors (Lipinski definition) is 0. The summed E-state index contributed by atoms with van der Waals surface area (Å²) in [5.41, 5.74) is 5.09. The van der Waals surface area contributed by atoms with Crippen LogP contribution in [0.25, 0.3) is 0 Å². The van der Waals surface area contributed by atoms with Crippen molar-refractivity contribution in [2.75, 3.05) is 7.11 Å². The lowest BCUT2D eigenvalue weighted by Crippen LogP contribution is -2.37. The van der Waals surface area contributed by atoms with Crippen LogP contribution >= 0.6 is 11.3 Å². The highest BCUT2D eigenvalue weighted by molar-refractivity contribution is 7.09. The van der Waals surface area contributed by atoms with Crippen molar-refractivity contribution < 1.29 is 14.3 Å². The fourth-order valence-corrected chi connectivity index (χ4v) is 4.20. The van der Waals surface area contributed by atoms with Crippen molar-refractivity contribution in [3.8, 4) is 11.5 Å². The first-order valence-corrected chi connectivity index (χ1v) is 11.8. The van der Waals surface area contributed by atoms with Crippen LogP contribution in [0.1, 0.15) is 58.0 Å². The Bertz CT molecular complexity index is 1060. The number of amides is 1. The first-order chi connectivity index (χ1) is 15.3. The molecule has 0 aliphatic carbocycles. The maximum atomic E-state index is 13.2. The second kappa shape index (κ2) is 10.6. The topological polar surface area (TPSA) is 51.7 Å². The number of aryl methyl sites for hydroxylation is 2. The van der Waals surface area contributed by atoms with Crippen LogP contribution < -0.4 is 9.47 Å². The van der Waals surface area contributed by atoms with Gasteiger partial charge in [-0.1, -0.05) is 13.0 Å². The number of thiazole rings is 1. The highest BCUT2D eigenvalue weighted by atomic mass is 32.1. The van der Waals surface area contributed by atoms with Crippen LogP contribution in [-0.4, -0.2) is 28.9 Å². The van der Waals surface area contributed by atoms with E-state index < -0.39 is 0 Å². The summed E-state index contributed by atoms with van der Waals surface area (Å²) in [6.45, 7) is 11.3. The Morgan fingerprint density at radius 2 is 1.88 bits per heavy atom. The van der Waals surface area contributed by atoms with E-state index in [4.69, 9.17) is 14.5 Å². The quantitative estimate of drug-likeness (QED) is 0.394. The molecule has 2 aromatic carbocycles. The van der Waals surface area contributed by atoms with E-state index in [9.17, 15) is 4.79 Å². The van der Waals surface area contributed by atoms with Crippen LogP contribution in [0.2, 0.25) is 0 Å². The average molecular weight is 453 g/mol. The van der Waals surface area contributed by atoms with Crippen molar-refractivity contribution >= 4 is 17.2 Å². The summed E-state index contributed by atoms with van der Waals surface area (Å²) in [6, 6.07) is 11.6. The van der Waals surface area contributed by atoms with E-state index in [1.807, 2.05) is 34.5 Å². The van der Waals surface area contributed by atoms with Gasteiger partial charge in [0.1, 0.15) is 23.1 Å². The molecule has 3 rings (SSSR count). The van der Waals surface area contributed by atoms with Crippen molar-refractivity contribution in [1.29, 1.82) is 0 Å². The van der Waals surface area contributed by atoms with E-state index in [-0.39, 0.29) is 11.9 Å². The molecule has 6 heteroatoms. The predicted molar refractivity (Wildman–Crippen MR) is 130 cm³/mol. The molecule has 1 atom stereocenters. The van der Waals surface area contributed by atoms with Crippen LogP contribution in [0.4, 0.5) is 0 Å². The van der Waals surface area contributed by atoms with Gasteiger partial charge in [0.25, 0.3) is 5.91 Å². The minimum absolute atomic E-state index is 0.00124. The monoisotopic (exact) mass is 452 g/mol. The zero-order valence-corrected chi connectivity index (χ0v) is 20.6. The molecule has 1 aromatic heterocycles. The summed E-state index contributed by atoms with van der Waals surface area (Å²) >= 11 is 1.57. The number of aromatic nitrogens is 1. The average Bonchev–Trinajstić information content (AvgIpc) is 3.25. The molecule has 170 valence electrons. The number of benzene rings is 2. The second-order valence-electron chi connectivity index (χ2n) is 8.15. The van der Waals surface area contributed by atoms with Gasteiger partial charge in [-0.3, -0.25) is 4.79 Å². The van der Waals surface area contributed by atoms with Crippen LogP contribution in [-0.2, 0) is 13.2 Å². The minimum Gasteiger partial charge on any atom is -0.497 e. The fraction of sp³-hybridized carbons (Fsp3) is 0.385. The largest absolute Gasteiger partial charge is 0.497 e. The Balaban J connectivity index is 1.71. The molecule has 0 aliphatic heterocycles. The Morgan fingerprint density at radius 3 is 2.53 bits per heavy atom. The molecule has 1 amide bonds. The summed E-state index contributed by atoms with van der Waals surface area (Å²) in [6.07, 6.45) is 0.869. The highest BCUT2D eigenvalue weighted by Gasteiger charge is 2.22. The molecule has 0 spiro atoms. The van der Waals surface area contributed by atoms with Gasteiger partial charge < -0.3 is 14.4 Å². The molecule has 0 bridgehead atoms. The molecule has 0 radical (unpaired) electrons. The third-order valence-corrected chi connectivity index (χ3v) is 6.64. The molecule has 0 saturated carbocycles. The van der Waals surface area contributed by atoms with E-state index in [0.717, 1.165) is 34.2 Å². The third kappa shape index (κ3) is 5.68. The number of carbonyl (C=O) groups is 1. The van der Waals surface area contributed by atoms with E-state index in [1.165, 1.54) is 11.1 Å². The molecule has 0 N–H and O–H groups in total. The number of nitrogens with zero attached hydrogens (tertiary/aromatic N) is 2. The van der Waals surface area contributed by atoms with Crippen LogP contribution in [0.5, 0.6) is 11.5 Å². The second-order valence-corrected chi connectivity index (χ2v) is 9.09. The Kier molecular flexibility index (Phi) is 7.91. The molecule has 0 aliphatic rings. The van der Waals surface area contributed by atoms with Gasteiger partial charge in [-0.05, 0) is 81.1 Å². The first-order valence-electron chi connectivity index (χ1n) is 10.9. The fourth-order valence-electron chi connectivity index (χ4n) is 3.50. The van der Waals surface area contributed by atoms with Gasteiger partial charge in [0.05, 0.1) is 19.3 Å². The zero-order chi connectivity index (χ0) is 23.3. The lowest BCUT2D eigenvalue weighted by Gasteiger charge is -2.28. The summed E-state index contributed by atoms with van der Waals surface area (Å²) < 4.78 is 11.3. The van der Waals surface area contributed by atoms with Crippen molar-refractivity contribution in [2.45, 2.75) is 60.2 Å². The first kappa shape index (κ1) is 23.8. The Morgan fingerprint density at radius 1 is 1.16 bits per heavy atom. The molecule has 0 saturated heterocycles. The number of ether oxygens (including phenoxy) is 2. The van der Waals surface area contributed by atoms with Crippen molar-refractivity contribution in [2.24, 2.45) is 0 Å². The van der Waals surface area contributed by atoms with E-state index in [2.05, 4.69) is 46.8 Å². The van der Waals surface area contributed by atoms with Crippen molar-refractivity contribution in [1.82, 2.24) is 9.88 Å². The Hall–Kier alpha value is -2.86. The summed E-state index contributed by atoms with van der Waals surface area (Å²) in [5, 5.41) is 2.92. The number of carbonyl (C=O) groups excluding carboxylic acids is 1. The maximum Gasteiger partial charge on any atom is 0.254 e. The molecule has 3 aromatic rings. The van der Waals surface area contributed by atoms with Crippen LogP contribution in [0, 0.1) is 20.8 Å². The van der Waals surface area contributed by atoms with Gasteiger partial charge in [-0.15, -0.1) is 11.3 Å². The van der Waals surface area contributed by atoms with Crippen LogP contribution in [0.3, 0.4) is 0 Å². The van der Waals surface area contributed by atoms with E-state index in [0.29, 0.717) is 18.7 Å². The SMILES string of the molecule is CC[C@@H](C)N(Cc1csc(COc2cc(C)cc(C)c2C)n1)C(=O)c1ccc(OC)cc1.